The standard InChI is InChI=1S/C22H23N5O3/c28-18-10-11-27(14-18)22(30)20-12-19(24-25-20)21(29)26-23-13-15-6-8-17(9-7-15)16-4-2-1-3-5-16/h1-9,12,18,23,28H,10-11,13-14H2,(H,24,25)(H,26,29)/t18-/m1/s1. The molecule has 1 fully saturated rings. The molecule has 0 spiro atoms. The SMILES string of the molecule is O=C(NNCc1ccc(-c2ccccc2)cc1)c1cc(C(=O)N2CC[C@@H](O)C2)[nH]n1. The van der Waals surface area contributed by atoms with Gasteiger partial charge < -0.3 is 10.0 Å². The number of benzene rings is 2. The van der Waals surface area contributed by atoms with E-state index in [-0.39, 0.29) is 17.3 Å². The number of hydrogen-bond donors (Lipinski definition) is 4. The Labute approximate surface area is 173 Å². The summed E-state index contributed by atoms with van der Waals surface area (Å²) in [6.07, 6.45) is 0.0642. The second-order valence-corrected chi connectivity index (χ2v) is 7.23. The molecule has 3 aromatic rings. The molecular weight excluding hydrogens is 382 g/mol. The molecule has 154 valence electrons. The average molecular weight is 405 g/mol. The third-order valence-corrected chi connectivity index (χ3v) is 5.05. The van der Waals surface area contributed by atoms with Crippen LogP contribution in [0.25, 0.3) is 11.1 Å². The van der Waals surface area contributed by atoms with Crippen LogP contribution in [0.3, 0.4) is 0 Å². The number of hydrazine groups is 1. The second kappa shape index (κ2) is 8.89. The maximum absolute atomic E-state index is 12.4. The quantitative estimate of drug-likeness (QED) is 0.467. The van der Waals surface area contributed by atoms with E-state index in [2.05, 4.69) is 33.2 Å². The minimum absolute atomic E-state index is 0.116. The van der Waals surface area contributed by atoms with Gasteiger partial charge in [0.15, 0.2) is 5.69 Å². The van der Waals surface area contributed by atoms with Crippen LogP contribution < -0.4 is 10.9 Å². The number of nitrogens with zero attached hydrogens (tertiary/aromatic N) is 2. The van der Waals surface area contributed by atoms with Crippen LogP contribution in [0.4, 0.5) is 0 Å². The Morgan fingerprint density at radius 3 is 2.53 bits per heavy atom. The van der Waals surface area contributed by atoms with E-state index in [1.54, 1.807) is 0 Å². The van der Waals surface area contributed by atoms with E-state index in [4.69, 9.17) is 0 Å². The molecule has 30 heavy (non-hydrogen) atoms. The minimum atomic E-state index is -0.495. The van der Waals surface area contributed by atoms with Crippen molar-refractivity contribution in [3.05, 3.63) is 77.6 Å². The number of aromatic amines is 1. The van der Waals surface area contributed by atoms with Crippen LogP contribution in [0.2, 0.25) is 0 Å². The number of aromatic nitrogens is 2. The number of H-pyrrole nitrogens is 1. The Morgan fingerprint density at radius 2 is 1.83 bits per heavy atom. The number of hydrogen-bond acceptors (Lipinski definition) is 5. The summed E-state index contributed by atoms with van der Waals surface area (Å²) in [6.45, 7) is 1.23. The molecule has 2 aromatic carbocycles. The highest BCUT2D eigenvalue weighted by molar-refractivity contribution is 5.97. The van der Waals surface area contributed by atoms with Gasteiger partial charge >= 0.3 is 0 Å². The van der Waals surface area contributed by atoms with Gasteiger partial charge in [0.25, 0.3) is 11.8 Å². The van der Waals surface area contributed by atoms with Crippen molar-refractivity contribution in [1.29, 1.82) is 0 Å². The molecule has 1 aliphatic rings. The molecular formula is C22H23N5O3. The highest BCUT2D eigenvalue weighted by Crippen LogP contribution is 2.19. The number of carbonyl (C=O) groups is 2. The molecule has 2 amide bonds. The van der Waals surface area contributed by atoms with E-state index in [1.807, 2.05) is 42.5 Å². The summed E-state index contributed by atoms with van der Waals surface area (Å²) < 4.78 is 0. The van der Waals surface area contributed by atoms with Crippen LogP contribution in [0.1, 0.15) is 33.0 Å². The Balaban J connectivity index is 1.28. The van der Waals surface area contributed by atoms with Crippen LogP contribution >= 0.6 is 0 Å². The Hall–Kier alpha value is -3.49. The summed E-state index contributed by atoms with van der Waals surface area (Å²) in [6, 6.07) is 19.6. The maximum atomic E-state index is 12.4. The predicted octanol–water partition coefficient (Wildman–Crippen LogP) is 1.72. The summed E-state index contributed by atoms with van der Waals surface area (Å²) >= 11 is 0. The third kappa shape index (κ3) is 4.56. The molecule has 0 aliphatic carbocycles. The molecule has 0 saturated carbocycles. The summed E-state index contributed by atoms with van der Waals surface area (Å²) in [5.74, 6) is -0.711. The van der Waals surface area contributed by atoms with Crippen LogP contribution in [0, 0.1) is 0 Å². The highest BCUT2D eigenvalue weighted by atomic mass is 16.3. The van der Waals surface area contributed by atoms with Gasteiger partial charge in [0.05, 0.1) is 6.10 Å². The smallest absolute Gasteiger partial charge is 0.285 e. The molecule has 1 saturated heterocycles. The lowest BCUT2D eigenvalue weighted by Gasteiger charge is -2.13. The van der Waals surface area contributed by atoms with Gasteiger partial charge in [-0.2, -0.15) is 5.10 Å². The van der Waals surface area contributed by atoms with Gasteiger partial charge in [-0.25, -0.2) is 5.43 Å². The summed E-state index contributed by atoms with van der Waals surface area (Å²) in [7, 11) is 0. The summed E-state index contributed by atoms with van der Waals surface area (Å²) in [4.78, 5) is 26.2. The predicted molar refractivity (Wildman–Crippen MR) is 111 cm³/mol. The van der Waals surface area contributed by atoms with Crippen molar-refractivity contribution in [3.8, 4) is 11.1 Å². The first-order valence-corrected chi connectivity index (χ1v) is 9.80. The van der Waals surface area contributed by atoms with Gasteiger partial charge in [-0.15, -0.1) is 0 Å². The number of nitrogens with one attached hydrogen (secondary N) is 3. The molecule has 0 unspecified atom stereocenters. The van der Waals surface area contributed by atoms with Crippen molar-refractivity contribution >= 4 is 11.8 Å². The molecule has 1 atom stereocenters. The van der Waals surface area contributed by atoms with Crippen LogP contribution in [0.5, 0.6) is 0 Å². The number of β-amino-alcohol motifs (C(OH)–C–C–N with tert-alkyl or cyclic N) is 1. The fourth-order valence-corrected chi connectivity index (χ4v) is 3.38. The van der Waals surface area contributed by atoms with E-state index in [1.165, 1.54) is 11.0 Å². The maximum Gasteiger partial charge on any atom is 0.285 e. The molecule has 4 N–H and O–H groups in total. The molecule has 4 rings (SSSR count). The minimum Gasteiger partial charge on any atom is -0.391 e. The molecule has 1 aromatic heterocycles. The molecule has 0 bridgehead atoms. The van der Waals surface area contributed by atoms with Gasteiger partial charge in [0.2, 0.25) is 0 Å². The fourth-order valence-electron chi connectivity index (χ4n) is 3.38. The van der Waals surface area contributed by atoms with Crippen molar-refractivity contribution in [2.75, 3.05) is 13.1 Å². The van der Waals surface area contributed by atoms with Gasteiger partial charge in [-0.1, -0.05) is 54.6 Å². The zero-order chi connectivity index (χ0) is 20.9. The molecule has 8 heteroatoms. The van der Waals surface area contributed by atoms with Crippen molar-refractivity contribution in [3.63, 3.8) is 0 Å². The first-order chi connectivity index (χ1) is 14.6. The number of aliphatic hydroxyl groups is 1. The molecule has 1 aliphatic heterocycles. The largest absolute Gasteiger partial charge is 0.391 e. The highest BCUT2D eigenvalue weighted by Gasteiger charge is 2.27. The molecule has 0 radical (unpaired) electrons. The normalized spacial score (nSPS) is 15.9. The topological polar surface area (TPSA) is 110 Å². The van der Waals surface area contributed by atoms with E-state index in [0.717, 1.165) is 16.7 Å². The number of rotatable bonds is 6. The number of carbonyl (C=O) groups excluding carboxylic acids is 2. The van der Waals surface area contributed by atoms with E-state index >= 15 is 0 Å². The van der Waals surface area contributed by atoms with E-state index in [9.17, 15) is 14.7 Å². The van der Waals surface area contributed by atoms with Gasteiger partial charge in [0.1, 0.15) is 5.69 Å². The number of likely N-dealkylation sites (tertiary alicyclic amines) is 1. The van der Waals surface area contributed by atoms with Gasteiger partial charge in [-0.05, 0) is 23.1 Å². The van der Waals surface area contributed by atoms with E-state index < -0.39 is 12.0 Å². The zero-order valence-corrected chi connectivity index (χ0v) is 16.3. The van der Waals surface area contributed by atoms with Crippen molar-refractivity contribution in [1.82, 2.24) is 25.9 Å². The Kier molecular flexibility index (Phi) is 5.87. The summed E-state index contributed by atoms with van der Waals surface area (Å²) in [5.41, 5.74) is 9.10. The van der Waals surface area contributed by atoms with Gasteiger partial charge in [0, 0.05) is 25.7 Å². The monoisotopic (exact) mass is 405 g/mol. The lowest BCUT2D eigenvalue weighted by Crippen LogP contribution is -2.37. The Bertz CT molecular complexity index is 1020. The molecule has 2 heterocycles. The van der Waals surface area contributed by atoms with Crippen molar-refractivity contribution < 1.29 is 14.7 Å². The van der Waals surface area contributed by atoms with Crippen LogP contribution in [0.15, 0.2) is 60.7 Å². The molecule has 8 nitrogen and oxygen atoms in total. The van der Waals surface area contributed by atoms with E-state index in [0.29, 0.717) is 26.1 Å². The zero-order valence-electron chi connectivity index (χ0n) is 16.3. The van der Waals surface area contributed by atoms with Gasteiger partial charge in [-0.3, -0.25) is 20.1 Å². The first-order valence-electron chi connectivity index (χ1n) is 9.80. The van der Waals surface area contributed by atoms with Crippen LogP contribution in [-0.2, 0) is 6.54 Å². The first kappa shape index (κ1) is 19.8. The second-order valence-electron chi connectivity index (χ2n) is 7.23. The lowest BCUT2D eigenvalue weighted by atomic mass is 10.0. The fraction of sp³-hybridized carbons (Fsp3) is 0.227. The van der Waals surface area contributed by atoms with Crippen molar-refractivity contribution in [2.45, 2.75) is 19.1 Å². The van der Waals surface area contributed by atoms with Crippen LogP contribution in [-0.4, -0.2) is 51.2 Å². The average Bonchev–Trinajstić information content (AvgIpc) is 3.44. The van der Waals surface area contributed by atoms with Crippen molar-refractivity contribution in [2.24, 2.45) is 0 Å². The lowest BCUT2D eigenvalue weighted by molar-refractivity contribution is 0.0759. The third-order valence-electron chi connectivity index (χ3n) is 5.05. The number of amides is 2. The Morgan fingerprint density at radius 1 is 1.10 bits per heavy atom. The summed E-state index contributed by atoms with van der Waals surface area (Å²) in [5, 5.41) is 16.1. The number of aliphatic hydroxyl groups excluding tert-OH is 1.